The summed E-state index contributed by atoms with van der Waals surface area (Å²) >= 11 is 0. The van der Waals surface area contributed by atoms with Gasteiger partial charge in [-0.05, 0) is 61.2 Å². The molecule has 0 spiro atoms. The zero-order chi connectivity index (χ0) is 26.3. The highest BCUT2D eigenvalue weighted by Gasteiger charge is 2.38. The van der Waals surface area contributed by atoms with Gasteiger partial charge in [0.15, 0.2) is 5.78 Å². The van der Waals surface area contributed by atoms with E-state index in [1.165, 1.54) is 0 Å². The Balaban J connectivity index is 1.64. The van der Waals surface area contributed by atoms with Gasteiger partial charge in [0, 0.05) is 29.7 Å². The smallest absolute Gasteiger partial charge is 0.466 e. The van der Waals surface area contributed by atoms with Crippen LogP contribution in [0.25, 0.3) is 11.5 Å². The minimum atomic E-state index is -4.69. The lowest BCUT2D eigenvalue weighted by molar-refractivity contribution is -0.157. The number of nitrogens with one attached hydrogen (secondary N) is 1. The highest BCUT2D eigenvalue weighted by atomic mass is 19.4. The van der Waals surface area contributed by atoms with Crippen LogP contribution in [0.5, 0.6) is 0 Å². The van der Waals surface area contributed by atoms with E-state index >= 15 is 0 Å². The van der Waals surface area contributed by atoms with Gasteiger partial charge in [0.05, 0.1) is 12.6 Å². The second-order valence-electron chi connectivity index (χ2n) is 8.56. The SMILES string of the molecule is CCOC(=O)CCCC(=O)c1ccc(N[C@H](c2ccc(-c3nnc(C(F)(F)F)o3)cc2)C(C)C)cc1. The summed E-state index contributed by atoms with van der Waals surface area (Å²) in [6, 6.07) is 13.9. The maximum Gasteiger partial charge on any atom is 0.470 e. The van der Waals surface area contributed by atoms with E-state index < -0.39 is 12.1 Å². The molecule has 0 fully saturated rings. The molecule has 0 saturated heterocycles. The molecule has 1 heterocycles. The molecule has 1 atom stereocenters. The Morgan fingerprint density at radius 1 is 1.00 bits per heavy atom. The molecule has 3 rings (SSSR count). The van der Waals surface area contributed by atoms with Gasteiger partial charge >= 0.3 is 18.0 Å². The first-order valence-corrected chi connectivity index (χ1v) is 11.6. The Labute approximate surface area is 207 Å². The number of carbonyl (C=O) groups is 2. The predicted octanol–water partition coefficient (Wildman–Crippen LogP) is 6.48. The van der Waals surface area contributed by atoms with Crippen molar-refractivity contribution in [3.05, 3.63) is 65.5 Å². The van der Waals surface area contributed by atoms with Crippen molar-refractivity contribution >= 4 is 17.4 Å². The topological polar surface area (TPSA) is 94.3 Å². The van der Waals surface area contributed by atoms with Gasteiger partial charge in [0.25, 0.3) is 0 Å². The minimum absolute atomic E-state index is 0.0449. The lowest BCUT2D eigenvalue weighted by Crippen LogP contribution is -2.16. The summed E-state index contributed by atoms with van der Waals surface area (Å²) < 4.78 is 47.8. The fourth-order valence-corrected chi connectivity index (χ4v) is 3.63. The van der Waals surface area contributed by atoms with E-state index in [1.807, 2.05) is 26.0 Å². The third-order valence-electron chi connectivity index (χ3n) is 5.47. The van der Waals surface area contributed by atoms with E-state index in [1.54, 1.807) is 43.3 Å². The van der Waals surface area contributed by atoms with Crippen molar-refractivity contribution in [3.63, 3.8) is 0 Å². The fraction of sp³-hybridized carbons (Fsp3) is 0.385. The van der Waals surface area contributed by atoms with Crippen LogP contribution >= 0.6 is 0 Å². The number of ketones is 1. The van der Waals surface area contributed by atoms with Gasteiger partial charge < -0.3 is 14.5 Å². The van der Waals surface area contributed by atoms with Crippen molar-refractivity contribution in [1.29, 1.82) is 0 Å². The first kappa shape index (κ1) is 26.9. The van der Waals surface area contributed by atoms with E-state index in [9.17, 15) is 22.8 Å². The molecule has 0 bridgehead atoms. The van der Waals surface area contributed by atoms with Crippen molar-refractivity contribution in [2.75, 3.05) is 11.9 Å². The van der Waals surface area contributed by atoms with Crippen molar-refractivity contribution in [1.82, 2.24) is 10.2 Å². The second kappa shape index (κ2) is 11.8. The molecular formula is C26H28F3N3O4. The van der Waals surface area contributed by atoms with Crippen LogP contribution in [0.2, 0.25) is 0 Å². The molecule has 1 N–H and O–H groups in total. The number of ether oxygens (including phenoxy) is 1. The van der Waals surface area contributed by atoms with Crippen LogP contribution in [0.15, 0.2) is 52.9 Å². The lowest BCUT2D eigenvalue weighted by atomic mass is 9.94. The van der Waals surface area contributed by atoms with Crippen LogP contribution < -0.4 is 5.32 Å². The number of anilines is 1. The molecule has 1 aromatic heterocycles. The normalized spacial score (nSPS) is 12.4. The van der Waals surface area contributed by atoms with Crippen molar-refractivity contribution in [3.8, 4) is 11.5 Å². The minimum Gasteiger partial charge on any atom is -0.466 e. The van der Waals surface area contributed by atoms with Crippen LogP contribution in [0.1, 0.15) is 67.9 Å². The molecule has 2 aromatic carbocycles. The first-order chi connectivity index (χ1) is 17.1. The molecule has 7 nitrogen and oxygen atoms in total. The fourth-order valence-electron chi connectivity index (χ4n) is 3.63. The van der Waals surface area contributed by atoms with Gasteiger partial charge in [0.1, 0.15) is 0 Å². The van der Waals surface area contributed by atoms with E-state index in [-0.39, 0.29) is 42.4 Å². The maximum absolute atomic E-state index is 12.7. The highest BCUT2D eigenvalue weighted by molar-refractivity contribution is 5.96. The summed E-state index contributed by atoms with van der Waals surface area (Å²) in [6.07, 6.45) is -3.79. The molecule has 0 unspecified atom stereocenters. The number of rotatable bonds is 11. The Morgan fingerprint density at radius 3 is 2.22 bits per heavy atom. The number of esters is 1. The van der Waals surface area contributed by atoms with E-state index in [0.717, 1.165) is 11.3 Å². The van der Waals surface area contributed by atoms with Crippen LogP contribution in [0.4, 0.5) is 18.9 Å². The monoisotopic (exact) mass is 503 g/mol. The molecule has 192 valence electrons. The standard InChI is InChI=1S/C26H28F3N3O4/c1-4-35-22(34)7-5-6-21(33)17-12-14-20(15-13-17)30-23(16(2)3)18-8-10-19(11-9-18)24-31-32-25(36-24)26(27,28)29/h8-16,23,30H,4-7H2,1-3H3/t23-/m0/s1. The van der Waals surface area contributed by atoms with Crippen molar-refractivity contribution in [2.45, 2.75) is 52.3 Å². The quantitative estimate of drug-likeness (QED) is 0.236. The zero-order valence-electron chi connectivity index (χ0n) is 20.3. The number of halogens is 3. The maximum atomic E-state index is 12.7. The summed E-state index contributed by atoms with van der Waals surface area (Å²) in [4.78, 5) is 23.8. The number of alkyl halides is 3. The van der Waals surface area contributed by atoms with Gasteiger partial charge in [-0.2, -0.15) is 13.2 Å². The Hall–Kier alpha value is -3.69. The van der Waals surface area contributed by atoms with E-state index in [2.05, 4.69) is 15.5 Å². The number of hydrogen-bond acceptors (Lipinski definition) is 7. The molecule has 0 aliphatic carbocycles. The summed E-state index contributed by atoms with van der Waals surface area (Å²) in [5.41, 5.74) is 2.68. The molecule has 3 aromatic rings. The molecule has 0 aliphatic heterocycles. The summed E-state index contributed by atoms with van der Waals surface area (Å²) in [5.74, 6) is -1.76. The molecule has 0 saturated carbocycles. The number of hydrogen-bond donors (Lipinski definition) is 1. The van der Waals surface area contributed by atoms with Gasteiger partial charge in [-0.25, -0.2) is 0 Å². The average Bonchev–Trinajstić information content (AvgIpc) is 3.34. The predicted molar refractivity (Wildman–Crippen MR) is 127 cm³/mol. The third-order valence-corrected chi connectivity index (χ3v) is 5.47. The van der Waals surface area contributed by atoms with Gasteiger partial charge in [-0.15, -0.1) is 10.2 Å². The van der Waals surface area contributed by atoms with Crippen LogP contribution in [-0.4, -0.2) is 28.6 Å². The van der Waals surface area contributed by atoms with Crippen molar-refractivity contribution in [2.24, 2.45) is 5.92 Å². The molecule has 0 amide bonds. The zero-order valence-corrected chi connectivity index (χ0v) is 20.3. The van der Waals surface area contributed by atoms with Gasteiger partial charge in [-0.1, -0.05) is 26.0 Å². The number of aromatic nitrogens is 2. The number of Topliss-reactive ketones (excluding diaryl/α,β-unsaturated/α-hetero) is 1. The highest BCUT2D eigenvalue weighted by Crippen LogP contribution is 2.32. The lowest BCUT2D eigenvalue weighted by Gasteiger charge is -2.24. The van der Waals surface area contributed by atoms with Crippen LogP contribution in [-0.2, 0) is 15.7 Å². The summed E-state index contributed by atoms with van der Waals surface area (Å²) in [7, 11) is 0. The summed E-state index contributed by atoms with van der Waals surface area (Å²) in [6.45, 7) is 6.15. The molecular weight excluding hydrogens is 475 g/mol. The Morgan fingerprint density at radius 2 is 1.67 bits per heavy atom. The van der Waals surface area contributed by atoms with E-state index in [4.69, 9.17) is 9.15 Å². The number of carbonyl (C=O) groups excluding carboxylic acids is 2. The number of benzene rings is 2. The van der Waals surface area contributed by atoms with Crippen LogP contribution in [0, 0.1) is 5.92 Å². The average molecular weight is 504 g/mol. The van der Waals surface area contributed by atoms with Crippen molar-refractivity contribution < 1.29 is 31.9 Å². The Kier molecular flexibility index (Phi) is 8.84. The van der Waals surface area contributed by atoms with Gasteiger partial charge in [-0.3, -0.25) is 9.59 Å². The molecule has 0 radical (unpaired) electrons. The summed E-state index contributed by atoms with van der Waals surface area (Å²) in [5, 5.41) is 9.99. The molecule has 36 heavy (non-hydrogen) atoms. The van der Waals surface area contributed by atoms with Gasteiger partial charge in [0.2, 0.25) is 5.89 Å². The Bertz CT molecular complexity index is 1160. The third kappa shape index (κ3) is 7.16. The largest absolute Gasteiger partial charge is 0.470 e. The molecule has 10 heteroatoms. The first-order valence-electron chi connectivity index (χ1n) is 11.6. The number of nitrogens with zero attached hydrogens (tertiary/aromatic N) is 2. The molecule has 0 aliphatic rings. The van der Waals surface area contributed by atoms with E-state index in [0.29, 0.717) is 24.2 Å². The second-order valence-corrected chi connectivity index (χ2v) is 8.56. The van der Waals surface area contributed by atoms with Crippen LogP contribution in [0.3, 0.4) is 0 Å².